The summed E-state index contributed by atoms with van der Waals surface area (Å²) in [6, 6.07) is 20.2. The number of rotatable bonds is 4. The van der Waals surface area contributed by atoms with Crippen LogP contribution in [0.4, 0.5) is 5.69 Å². The summed E-state index contributed by atoms with van der Waals surface area (Å²) in [5.74, 6) is -0.374. The highest BCUT2D eigenvalue weighted by atomic mass is 35.5. The van der Waals surface area contributed by atoms with Crippen molar-refractivity contribution in [3.8, 4) is 5.75 Å². The Kier molecular flexibility index (Phi) is 5.65. The first-order chi connectivity index (χ1) is 16.0. The van der Waals surface area contributed by atoms with Crippen molar-refractivity contribution in [2.75, 3.05) is 12.4 Å². The van der Waals surface area contributed by atoms with Crippen LogP contribution >= 0.6 is 11.6 Å². The second-order valence-corrected chi connectivity index (χ2v) is 8.64. The van der Waals surface area contributed by atoms with Crippen molar-refractivity contribution in [1.29, 1.82) is 0 Å². The molecule has 166 valence electrons. The Balaban J connectivity index is 1.43. The number of nitrogens with one attached hydrogen (secondary N) is 1. The number of fused-ring (bicyclic) bond motifs is 3. The van der Waals surface area contributed by atoms with Crippen LogP contribution in [0.25, 0.3) is 0 Å². The molecule has 2 aliphatic rings. The SMILES string of the molecule is COC(=O)c1ccccc1OC(=O)c1ccc2c(c1)[C@@H]1C=CC[C@H]1[C@@H](c1ccc(Cl)cc1)N2. The molecule has 0 aromatic heterocycles. The van der Waals surface area contributed by atoms with E-state index in [1.54, 1.807) is 30.3 Å². The van der Waals surface area contributed by atoms with Gasteiger partial charge in [-0.15, -0.1) is 0 Å². The lowest BCUT2D eigenvalue weighted by Gasteiger charge is -2.37. The molecule has 33 heavy (non-hydrogen) atoms. The number of carbonyl (C=O) groups is 2. The molecule has 6 heteroatoms. The van der Waals surface area contributed by atoms with E-state index in [1.807, 2.05) is 24.3 Å². The second-order valence-electron chi connectivity index (χ2n) is 8.21. The molecule has 5 rings (SSSR count). The molecule has 0 fully saturated rings. The smallest absolute Gasteiger partial charge is 0.343 e. The minimum Gasteiger partial charge on any atom is -0.465 e. The largest absolute Gasteiger partial charge is 0.465 e. The molecule has 3 aromatic rings. The first-order valence-corrected chi connectivity index (χ1v) is 11.1. The van der Waals surface area contributed by atoms with Gasteiger partial charge in [-0.3, -0.25) is 0 Å². The van der Waals surface area contributed by atoms with Gasteiger partial charge in [0.15, 0.2) is 0 Å². The lowest BCUT2D eigenvalue weighted by molar-refractivity contribution is 0.0593. The Morgan fingerprint density at radius 1 is 1.00 bits per heavy atom. The maximum Gasteiger partial charge on any atom is 0.343 e. The molecule has 3 aromatic carbocycles. The lowest BCUT2D eigenvalue weighted by Crippen LogP contribution is -2.29. The van der Waals surface area contributed by atoms with Crippen LogP contribution < -0.4 is 10.1 Å². The molecule has 0 bridgehead atoms. The number of esters is 2. The van der Waals surface area contributed by atoms with E-state index in [0.717, 1.165) is 17.7 Å². The quantitative estimate of drug-likeness (QED) is 0.287. The van der Waals surface area contributed by atoms with Gasteiger partial charge in [-0.25, -0.2) is 9.59 Å². The van der Waals surface area contributed by atoms with Crippen LogP contribution in [0.3, 0.4) is 0 Å². The van der Waals surface area contributed by atoms with Crippen molar-refractivity contribution < 1.29 is 19.1 Å². The number of benzene rings is 3. The molecule has 1 heterocycles. The molecule has 0 spiro atoms. The van der Waals surface area contributed by atoms with Gasteiger partial charge >= 0.3 is 11.9 Å². The zero-order valence-electron chi connectivity index (χ0n) is 18.0. The Labute approximate surface area is 197 Å². The summed E-state index contributed by atoms with van der Waals surface area (Å²) >= 11 is 6.08. The second kappa shape index (κ2) is 8.75. The van der Waals surface area contributed by atoms with Crippen LogP contribution in [0.1, 0.15) is 50.2 Å². The summed E-state index contributed by atoms with van der Waals surface area (Å²) in [6.45, 7) is 0. The van der Waals surface area contributed by atoms with Gasteiger partial charge in [0.1, 0.15) is 11.3 Å². The third kappa shape index (κ3) is 4.00. The fourth-order valence-corrected chi connectivity index (χ4v) is 4.84. The highest BCUT2D eigenvalue weighted by Gasteiger charge is 2.38. The zero-order chi connectivity index (χ0) is 22.9. The summed E-state index contributed by atoms with van der Waals surface area (Å²) in [6.07, 6.45) is 5.37. The number of halogens is 1. The van der Waals surface area contributed by atoms with Crippen LogP contribution in [-0.4, -0.2) is 19.0 Å². The lowest BCUT2D eigenvalue weighted by atomic mass is 9.76. The monoisotopic (exact) mass is 459 g/mol. The summed E-state index contributed by atoms with van der Waals surface area (Å²) in [4.78, 5) is 24.9. The predicted octanol–water partition coefficient (Wildman–Crippen LogP) is 6.17. The molecule has 0 radical (unpaired) electrons. The van der Waals surface area contributed by atoms with Crippen LogP contribution in [0.15, 0.2) is 78.9 Å². The van der Waals surface area contributed by atoms with Gasteiger partial charge in [0, 0.05) is 16.6 Å². The third-order valence-electron chi connectivity index (χ3n) is 6.32. The van der Waals surface area contributed by atoms with Crippen molar-refractivity contribution in [3.05, 3.63) is 106 Å². The van der Waals surface area contributed by atoms with Gasteiger partial charge in [-0.1, -0.05) is 48.0 Å². The van der Waals surface area contributed by atoms with E-state index in [0.29, 0.717) is 16.5 Å². The van der Waals surface area contributed by atoms with Crippen molar-refractivity contribution in [3.63, 3.8) is 0 Å². The normalized spacial score (nSPS) is 20.4. The molecule has 0 unspecified atom stereocenters. The first-order valence-electron chi connectivity index (χ1n) is 10.8. The van der Waals surface area contributed by atoms with Crippen LogP contribution in [0, 0.1) is 5.92 Å². The maximum absolute atomic E-state index is 12.9. The van der Waals surface area contributed by atoms with Crippen LogP contribution in [0.5, 0.6) is 5.75 Å². The van der Waals surface area contributed by atoms with Crippen LogP contribution in [-0.2, 0) is 4.74 Å². The van der Waals surface area contributed by atoms with Gasteiger partial charge in [-0.05, 0) is 65.9 Å². The minimum atomic E-state index is -0.555. The molecule has 1 aliphatic carbocycles. The molecular weight excluding hydrogens is 438 g/mol. The van der Waals surface area contributed by atoms with Crippen molar-refractivity contribution in [2.45, 2.75) is 18.4 Å². The average molecular weight is 460 g/mol. The summed E-state index contributed by atoms with van der Waals surface area (Å²) in [5.41, 5.74) is 3.88. The van der Waals surface area contributed by atoms with Gasteiger partial charge < -0.3 is 14.8 Å². The van der Waals surface area contributed by atoms with E-state index >= 15 is 0 Å². The molecule has 3 atom stereocenters. The highest BCUT2D eigenvalue weighted by molar-refractivity contribution is 6.30. The number of para-hydroxylation sites is 1. The van der Waals surface area contributed by atoms with Crippen molar-refractivity contribution in [1.82, 2.24) is 0 Å². The number of allylic oxidation sites excluding steroid dienone is 2. The van der Waals surface area contributed by atoms with Gasteiger partial charge in [0.25, 0.3) is 0 Å². The Hall–Kier alpha value is -3.57. The first kappa shape index (κ1) is 21.3. The number of ether oxygens (including phenoxy) is 2. The average Bonchev–Trinajstić information content (AvgIpc) is 3.34. The standard InChI is InChI=1S/C27H22ClNO4/c1-32-27(31)21-5-2-3-8-24(21)33-26(30)17-11-14-23-22(15-17)19-6-4-7-20(19)25(29-23)16-9-12-18(28)13-10-16/h2-6,8-15,19-20,25,29H,7H2,1H3/t19-,20-,25-/m1/s1. The predicted molar refractivity (Wildman–Crippen MR) is 127 cm³/mol. The number of hydrogen-bond donors (Lipinski definition) is 1. The fourth-order valence-electron chi connectivity index (χ4n) is 4.71. The third-order valence-corrected chi connectivity index (χ3v) is 6.57. The van der Waals surface area contributed by atoms with E-state index in [9.17, 15) is 9.59 Å². The summed E-state index contributed by atoms with van der Waals surface area (Å²) in [5, 5.41) is 4.37. The van der Waals surface area contributed by atoms with E-state index in [2.05, 4.69) is 29.6 Å². The number of methoxy groups -OCH3 is 1. The molecule has 0 saturated heterocycles. The Morgan fingerprint density at radius 3 is 2.58 bits per heavy atom. The molecule has 5 nitrogen and oxygen atoms in total. The number of hydrogen-bond acceptors (Lipinski definition) is 5. The minimum absolute atomic E-state index is 0.152. The van der Waals surface area contributed by atoms with E-state index in [1.165, 1.54) is 12.7 Å². The number of anilines is 1. The number of carbonyl (C=O) groups excluding carboxylic acids is 2. The Bertz CT molecular complexity index is 1250. The van der Waals surface area contributed by atoms with Crippen LogP contribution in [0.2, 0.25) is 5.02 Å². The maximum atomic E-state index is 12.9. The van der Waals surface area contributed by atoms with E-state index in [4.69, 9.17) is 21.1 Å². The zero-order valence-corrected chi connectivity index (χ0v) is 18.7. The molecule has 0 amide bonds. The topological polar surface area (TPSA) is 64.6 Å². The van der Waals surface area contributed by atoms with Crippen molar-refractivity contribution >= 4 is 29.2 Å². The molecule has 1 N–H and O–H groups in total. The van der Waals surface area contributed by atoms with Gasteiger partial charge in [0.05, 0.1) is 18.7 Å². The molecule has 1 aliphatic heterocycles. The van der Waals surface area contributed by atoms with E-state index < -0.39 is 11.9 Å². The molecule has 0 saturated carbocycles. The van der Waals surface area contributed by atoms with Gasteiger partial charge in [-0.2, -0.15) is 0 Å². The summed E-state index contributed by atoms with van der Waals surface area (Å²) < 4.78 is 10.4. The van der Waals surface area contributed by atoms with E-state index in [-0.39, 0.29) is 23.3 Å². The van der Waals surface area contributed by atoms with Crippen molar-refractivity contribution in [2.24, 2.45) is 5.92 Å². The molecular formula is C27H22ClNO4. The fraction of sp³-hybridized carbons (Fsp3) is 0.185. The van der Waals surface area contributed by atoms with Gasteiger partial charge in [0.2, 0.25) is 0 Å². The Morgan fingerprint density at radius 2 is 1.79 bits per heavy atom. The highest BCUT2D eigenvalue weighted by Crippen LogP contribution is 2.50. The summed E-state index contributed by atoms with van der Waals surface area (Å²) in [7, 11) is 1.29.